The molecule has 1 aliphatic rings. The van der Waals surface area contributed by atoms with Crippen LogP contribution in [0.15, 0.2) is 0 Å². The lowest BCUT2D eigenvalue weighted by atomic mass is 9.97. The molecule has 1 atom stereocenters. The minimum Gasteiger partial charge on any atom is -0.390 e. The van der Waals surface area contributed by atoms with Gasteiger partial charge in [-0.05, 0) is 19.8 Å². The van der Waals surface area contributed by atoms with Crippen molar-refractivity contribution in [3.05, 3.63) is 0 Å². The quantitative estimate of drug-likeness (QED) is 0.547. The predicted molar refractivity (Wildman–Crippen MR) is 35.1 cm³/mol. The highest BCUT2D eigenvalue weighted by molar-refractivity contribution is 4.88. The fourth-order valence-electron chi connectivity index (χ4n) is 1.41. The van der Waals surface area contributed by atoms with Crippen LogP contribution in [0, 0.1) is 0 Å². The van der Waals surface area contributed by atoms with E-state index < -0.39 is 11.7 Å². The summed E-state index contributed by atoms with van der Waals surface area (Å²) < 4.78 is 0. The Bertz CT molecular complexity index is 93.1. The summed E-state index contributed by atoms with van der Waals surface area (Å²) in [6.45, 7) is 1.66. The molecule has 1 fully saturated rings. The summed E-state index contributed by atoms with van der Waals surface area (Å²) in [6.07, 6.45) is 3.10. The molecule has 9 heavy (non-hydrogen) atoms. The smallest absolute Gasteiger partial charge is 0.0902 e. The molecule has 0 amide bonds. The lowest BCUT2D eigenvalue weighted by Gasteiger charge is -2.24. The topological polar surface area (TPSA) is 40.5 Å². The maximum absolute atomic E-state index is 9.52. The van der Waals surface area contributed by atoms with Crippen LogP contribution in [0.3, 0.4) is 0 Å². The fourth-order valence-corrected chi connectivity index (χ4v) is 1.41. The summed E-state index contributed by atoms with van der Waals surface area (Å²) >= 11 is 0. The van der Waals surface area contributed by atoms with Gasteiger partial charge in [-0.15, -0.1) is 0 Å². The standard InChI is InChI=1S/C7H14O2/c1-6(8)7(9)4-2-3-5-7/h6,8-9H,2-5H2,1H3. The molecule has 2 nitrogen and oxygen atoms in total. The van der Waals surface area contributed by atoms with Crippen LogP contribution in [0.5, 0.6) is 0 Å². The maximum atomic E-state index is 9.52. The SMILES string of the molecule is CC(O)C1(O)CCCC1. The van der Waals surface area contributed by atoms with Gasteiger partial charge in [0.2, 0.25) is 0 Å². The normalized spacial score (nSPS) is 28.3. The molecule has 0 heterocycles. The van der Waals surface area contributed by atoms with Crippen LogP contribution in [0.25, 0.3) is 0 Å². The van der Waals surface area contributed by atoms with Crippen LogP contribution >= 0.6 is 0 Å². The molecule has 0 bridgehead atoms. The average Bonchev–Trinajstić information content (AvgIpc) is 2.16. The Balaban J connectivity index is 2.51. The van der Waals surface area contributed by atoms with E-state index in [9.17, 15) is 5.11 Å². The largest absolute Gasteiger partial charge is 0.390 e. The molecule has 2 heteroatoms. The molecule has 1 saturated carbocycles. The van der Waals surface area contributed by atoms with Gasteiger partial charge in [0.25, 0.3) is 0 Å². The Hall–Kier alpha value is -0.0800. The lowest BCUT2D eigenvalue weighted by molar-refractivity contribution is -0.0602. The van der Waals surface area contributed by atoms with Crippen LogP contribution in [0.1, 0.15) is 32.6 Å². The molecule has 2 N–H and O–H groups in total. The third kappa shape index (κ3) is 1.25. The second-order valence-electron chi connectivity index (χ2n) is 2.99. The van der Waals surface area contributed by atoms with Gasteiger partial charge in [-0.1, -0.05) is 12.8 Å². The molecule has 0 aliphatic heterocycles. The van der Waals surface area contributed by atoms with Crippen LogP contribution in [-0.2, 0) is 0 Å². The zero-order valence-corrected chi connectivity index (χ0v) is 5.80. The summed E-state index contributed by atoms with van der Waals surface area (Å²) in [6, 6.07) is 0. The highest BCUT2D eigenvalue weighted by Gasteiger charge is 2.35. The second-order valence-corrected chi connectivity index (χ2v) is 2.99. The first-order chi connectivity index (χ1) is 4.15. The van der Waals surface area contributed by atoms with Gasteiger partial charge in [0.15, 0.2) is 0 Å². The Morgan fingerprint density at radius 2 is 1.78 bits per heavy atom. The molecule has 1 unspecified atom stereocenters. The van der Waals surface area contributed by atoms with E-state index in [2.05, 4.69) is 0 Å². The van der Waals surface area contributed by atoms with Crippen molar-refractivity contribution in [1.82, 2.24) is 0 Å². The Morgan fingerprint density at radius 1 is 1.33 bits per heavy atom. The third-order valence-corrected chi connectivity index (χ3v) is 2.25. The van der Waals surface area contributed by atoms with E-state index in [4.69, 9.17) is 5.11 Å². The van der Waals surface area contributed by atoms with Crippen molar-refractivity contribution in [2.75, 3.05) is 0 Å². The molecular formula is C7H14O2. The molecule has 54 valence electrons. The molecule has 0 radical (unpaired) electrons. The summed E-state index contributed by atoms with van der Waals surface area (Å²) in [5, 5.41) is 18.6. The van der Waals surface area contributed by atoms with Gasteiger partial charge in [0, 0.05) is 0 Å². The predicted octanol–water partition coefficient (Wildman–Crippen LogP) is 0.672. The highest BCUT2D eigenvalue weighted by atomic mass is 16.3. The van der Waals surface area contributed by atoms with Gasteiger partial charge in [-0.3, -0.25) is 0 Å². The van der Waals surface area contributed by atoms with E-state index >= 15 is 0 Å². The van der Waals surface area contributed by atoms with Crippen molar-refractivity contribution >= 4 is 0 Å². The Kier molecular flexibility index (Phi) is 1.78. The molecule has 1 aliphatic carbocycles. The van der Waals surface area contributed by atoms with Crippen LogP contribution in [0.2, 0.25) is 0 Å². The summed E-state index contributed by atoms with van der Waals surface area (Å²) in [5.41, 5.74) is -0.750. The van der Waals surface area contributed by atoms with E-state index in [1.54, 1.807) is 6.92 Å². The van der Waals surface area contributed by atoms with Gasteiger partial charge >= 0.3 is 0 Å². The first kappa shape index (κ1) is 7.03. The van der Waals surface area contributed by atoms with E-state index in [1.165, 1.54) is 0 Å². The first-order valence-electron chi connectivity index (χ1n) is 3.55. The first-order valence-corrected chi connectivity index (χ1v) is 3.55. The monoisotopic (exact) mass is 130 g/mol. The third-order valence-electron chi connectivity index (χ3n) is 2.25. The number of rotatable bonds is 1. The van der Waals surface area contributed by atoms with Gasteiger partial charge in [0.05, 0.1) is 11.7 Å². The summed E-state index contributed by atoms with van der Waals surface area (Å²) in [4.78, 5) is 0. The van der Waals surface area contributed by atoms with Crippen molar-refractivity contribution in [1.29, 1.82) is 0 Å². The second kappa shape index (κ2) is 2.27. The number of aliphatic hydroxyl groups is 2. The van der Waals surface area contributed by atoms with Gasteiger partial charge < -0.3 is 10.2 Å². The van der Waals surface area contributed by atoms with Gasteiger partial charge in [0.1, 0.15) is 0 Å². The summed E-state index contributed by atoms with van der Waals surface area (Å²) in [7, 11) is 0. The number of hydrogen-bond acceptors (Lipinski definition) is 2. The van der Waals surface area contributed by atoms with Crippen molar-refractivity contribution < 1.29 is 10.2 Å². The zero-order valence-electron chi connectivity index (χ0n) is 5.80. The van der Waals surface area contributed by atoms with Crippen molar-refractivity contribution in [2.45, 2.75) is 44.3 Å². The van der Waals surface area contributed by atoms with E-state index in [-0.39, 0.29) is 0 Å². The lowest BCUT2D eigenvalue weighted by Crippen LogP contribution is -2.36. The van der Waals surface area contributed by atoms with Gasteiger partial charge in [-0.2, -0.15) is 0 Å². The van der Waals surface area contributed by atoms with Crippen molar-refractivity contribution in [2.24, 2.45) is 0 Å². The van der Waals surface area contributed by atoms with Crippen LogP contribution in [-0.4, -0.2) is 21.9 Å². The highest BCUT2D eigenvalue weighted by Crippen LogP contribution is 2.31. The Labute approximate surface area is 55.5 Å². The Morgan fingerprint density at radius 3 is 2.00 bits per heavy atom. The molecule has 0 aromatic rings. The molecule has 1 rings (SSSR count). The molecule has 0 aromatic heterocycles. The minimum absolute atomic E-state index is 0.556. The van der Waals surface area contributed by atoms with Crippen LogP contribution in [0.4, 0.5) is 0 Å². The molecular weight excluding hydrogens is 116 g/mol. The summed E-state index contributed by atoms with van der Waals surface area (Å²) in [5.74, 6) is 0. The van der Waals surface area contributed by atoms with Crippen molar-refractivity contribution in [3.8, 4) is 0 Å². The zero-order chi connectivity index (χ0) is 6.91. The van der Waals surface area contributed by atoms with Crippen molar-refractivity contribution in [3.63, 3.8) is 0 Å². The number of aliphatic hydroxyl groups excluding tert-OH is 1. The minimum atomic E-state index is -0.750. The fraction of sp³-hybridized carbons (Fsp3) is 1.00. The van der Waals surface area contributed by atoms with E-state index in [0.29, 0.717) is 0 Å². The van der Waals surface area contributed by atoms with Gasteiger partial charge in [-0.25, -0.2) is 0 Å². The molecule has 0 spiro atoms. The average molecular weight is 130 g/mol. The molecule has 0 aromatic carbocycles. The maximum Gasteiger partial charge on any atom is 0.0902 e. The number of hydrogen-bond donors (Lipinski definition) is 2. The van der Waals surface area contributed by atoms with E-state index in [1.807, 2.05) is 0 Å². The van der Waals surface area contributed by atoms with E-state index in [0.717, 1.165) is 25.7 Å². The van der Waals surface area contributed by atoms with Crippen LogP contribution < -0.4 is 0 Å². The molecule has 0 saturated heterocycles.